The van der Waals surface area contributed by atoms with Crippen molar-refractivity contribution < 1.29 is 13.9 Å². The molecule has 3 aliphatic heterocycles. The molecule has 0 saturated carbocycles. The Hall–Kier alpha value is -3.93. The number of fused-ring (bicyclic) bond motifs is 1. The van der Waals surface area contributed by atoms with Gasteiger partial charge in [0.15, 0.2) is 11.8 Å². The zero-order valence-corrected chi connectivity index (χ0v) is 28.6. The van der Waals surface area contributed by atoms with Crippen LogP contribution in [0.2, 0.25) is 5.02 Å². The maximum absolute atomic E-state index is 15.1. The maximum Gasteiger partial charge on any atom is 0.355 e. The van der Waals surface area contributed by atoms with E-state index in [0.717, 1.165) is 30.9 Å². The molecular weight excluding hydrogens is 633 g/mol. The summed E-state index contributed by atoms with van der Waals surface area (Å²) in [6.07, 6.45) is 4.94. The van der Waals surface area contributed by atoms with E-state index in [1.807, 2.05) is 43.6 Å². The number of aryl methyl sites for hydroxylation is 1. The van der Waals surface area contributed by atoms with Crippen LogP contribution in [0.1, 0.15) is 57.2 Å². The van der Waals surface area contributed by atoms with Gasteiger partial charge in [-0.05, 0) is 75.5 Å². The Balaban J connectivity index is 1.25. The molecule has 0 bridgehead atoms. The van der Waals surface area contributed by atoms with Crippen molar-refractivity contribution in [1.82, 2.24) is 29.3 Å². The lowest BCUT2D eigenvalue weighted by Gasteiger charge is -2.40. The molecule has 7 rings (SSSR count). The second-order valence-corrected chi connectivity index (χ2v) is 13.9. The van der Waals surface area contributed by atoms with E-state index in [4.69, 9.17) is 21.3 Å². The van der Waals surface area contributed by atoms with Crippen LogP contribution in [0.5, 0.6) is 0 Å². The van der Waals surface area contributed by atoms with Gasteiger partial charge in [0, 0.05) is 44.0 Å². The zero-order chi connectivity index (χ0) is 33.7. The minimum absolute atomic E-state index is 0.000370. The van der Waals surface area contributed by atoms with E-state index in [-0.39, 0.29) is 40.3 Å². The van der Waals surface area contributed by atoms with Gasteiger partial charge >= 0.3 is 5.69 Å². The van der Waals surface area contributed by atoms with Gasteiger partial charge in [-0.25, -0.2) is 18.7 Å². The van der Waals surface area contributed by atoms with Crippen LogP contribution >= 0.6 is 11.6 Å². The van der Waals surface area contributed by atoms with Crippen molar-refractivity contribution in [2.75, 3.05) is 44.2 Å². The molecule has 1 amide bonds. The number of hydrogen-bond donors (Lipinski definition) is 0. The summed E-state index contributed by atoms with van der Waals surface area (Å²) in [5, 5.41) is 0.788. The predicted octanol–water partition coefficient (Wildman–Crippen LogP) is 5.36. The van der Waals surface area contributed by atoms with E-state index < -0.39 is 17.6 Å². The molecule has 3 aromatic heterocycles. The number of piperidine rings is 1. The number of aromatic nitrogens is 4. The van der Waals surface area contributed by atoms with Gasteiger partial charge in [-0.1, -0.05) is 44.0 Å². The number of piperazine rings is 1. The molecule has 6 heterocycles. The highest BCUT2D eigenvalue weighted by Gasteiger charge is 2.48. The molecule has 0 aliphatic carbocycles. The lowest BCUT2D eigenvalue weighted by Crippen LogP contribution is -2.55. The Bertz CT molecular complexity index is 1930. The molecule has 0 spiro atoms. The number of rotatable bonds is 7. The molecule has 4 aromatic rings. The number of likely N-dealkylation sites (tertiary alicyclic amines) is 1. The topological polar surface area (TPSA) is 100.0 Å². The highest BCUT2D eigenvalue weighted by molar-refractivity contribution is 6.33. The molecule has 3 aliphatic rings. The first kappa shape index (κ1) is 32.6. The fourth-order valence-corrected chi connectivity index (χ4v) is 7.45. The Morgan fingerprint density at radius 1 is 1.08 bits per heavy atom. The summed E-state index contributed by atoms with van der Waals surface area (Å²) in [4.78, 5) is 48.1. The monoisotopic (exact) mass is 673 g/mol. The number of nitrogens with zero attached hydrogens (tertiary/aromatic N) is 7. The molecule has 0 radical (unpaired) electrons. The smallest absolute Gasteiger partial charge is 0.355 e. The van der Waals surface area contributed by atoms with Gasteiger partial charge in [0.1, 0.15) is 17.7 Å². The van der Waals surface area contributed by atoms with E-state index in [9.17, 15) is 9.59 Å². The number of amides is 1. The molecule has 48 heavy (non-hydrogen) atoms. The molecule has 10 nitrogen and oxygen atoms in total. The summed E-state index contributed by atoms with van der Waals surface area (Å²) in [6.45, 7) is 12.3. The second-order valence-electron chi connectivity index (χ2n) is 13.5. The summed E-state index contributed by atoms with van der Waals surface area (Å²) in [5.41, 5.74) is 2.40. The molecule has 0 unspecified atom stereocenters. The number of halogens is 2. The average molecular weight is 674 g/mol. The number of carbonyl (C=O) groups excluding carboxylic acids is 1. The minimum Gasteiger partial charge on any atom is -0.358 e. The maximum atomic E-state index is 15.1. The van der Waals surface area contributed by atoms with Crippen molar-refractivity contribution in [1.29, 1.82) is 0 Å². The van der Waals surface area contributed by atoms with Crippen molar-refractivity contribution in [3.8, 4) is 16.9 Å². The fraction of sp³-hybridized carbons (Fsp3) is 0.472. The molecule has 0 N–H and O–H groups in total. The van der Waals surface area contributed by atoms with Gasteiger partial charge in [0.25, 0.3) is 5.91 Å². The van der Waals surface area contributed by atoms with Crippen molar-refractivity contribution in [3.63, 3.8) is 0 Å². The lowest BCUT2D eigenvalue weighted by molar-refractivity contribution is -0.133. The average Bonchev–Trinajstić information content (AvgIpc) is 3.84. The number of benzene rings is 1. The first-order valence-corrected chi connectivity index (χ1v) is 17.3. The third-order valence-corrected chi connectivity index (χ3v) is 10.1. The van der Waals surface area contributed by atoms with Crippen LogP contribution in [0, 0.1) is 12.7 Å². The number of hydrogen-bond acceptors (Lipinski definition) is 8. The van der Waals surface area contributed by atoms with Crippen molar-refractivity contribution >= 4 is 34.4 Å². The van der Waals surface area contributed by atoms with Gasteiger partial charge in [-0.15, -0.1) is 0 Å². The highest BCUT2D eigenvalue weighted by Crippen LogP contribution is 2.36. The van der Waals surface area contributed by atoms with Gasteiger partial charge in [0.05, 0.1) is 27.5 Å². The van der Waals surface area contributed by atoms with E-state index in [1.54, 1.807) is 30.5 Å². The third kappa shape index (κ3) is 6.08. The standard InChI is InChI=1S/C36H41ClFN7O3/c1-21(2)29-31(22(3)12-13-39-29)45-34-25(18-26(37)30(40-34)24-10-6-7-11-27(24)38)33(41-36(45)47)44-17-16-43(19-23(44)4)35(46)32-28(48-32)20-42-14-8-5-9-15-42/h6-7,10-13,18,21,23,28,32H,5,8-9,14-17,19-20H2,1-4H3/t23-,28-,32+/m0/s1. The van der Waals surface area contributed by atoms with Crippen molar-refractivity contribution in [2.24, 2.45) is 0 Å². The van der Waals surface area contributed by atoms with Crippen LogP contribution < -0.4 is 10.6 Å². The Kier molecular flexibility index (Phi) is 8.95. The summed E-state index contributed by atoms with van der Waals surface area (Å²) >= 11 is 6.85. The molecule has 12 heteroatoms. The molecule has 3 atom stereocenters. The highest BCUT2D eigenvalue weighted by atomic mass is 35.5. The van der Waals surface area contributed by atoms with Gasteiger partial charge in [-0.3, -0.25) is 9.78 Å². The molecule has 3 saturated heterocycles. The van der Waals surface area contributed by atoms with Crippen molar-refractivity contribution in [3.05, 3.63) is 75.2 Å². The van der Waals surface area contributed by atoms with E-state index in [0.29, 0.717) is 42.2 Å². The summed E-state index contributed by atoms with van der Waals surface area (Å²) in [6, 6.07) is 9.71. The first-order valence-electron chi connectivity index (χ1n) is 16.9. The zero-order valence-electron chi connectivity index (χ0n) is 27.8. The predicted molar refractivity (Wildman–Crippen MR) is 184 cm³/mol. The summed E-state index contributed by atoms with van der Waals surface area (Å²) < 4.78 is 22.4. The Morgan fingerprint density at radius 2 is 1.85 bits per heavy atom. The molecular formula is C36H41ClFN7O3. The number of anilines is 1. The first-order chi connectivity index (χ1) is 23.1. The van der Waals surface area contributed by atoms with E-state index in [1.165, 1.54) is 29.9 Å². The summed E-state index contributed by atoms with van der Waals surface area (Å²) in [5.74, 6) is -0.0228. The molecule has 1 aromatic carbocycles. The van der Waals surface area contributed by atoms with Crippen LogP contribution in [-0.2, 0) is 9.53 Å². The van der Waals surface area contributed by atoms with Crippen molar-refractivity contribution in [2.45, 2.75) is 71.1 Å². The van der Waals surface area contributed by atoms with Crippen LogP contribution in [0.4, 0.5) is 10.2 Å². The fourth-order valence-electron chi connectivity index (χ4n) is 7.20. The SMILES string of the molecule is Cc1ccnc(C(C)C)c1-n1c(=O)nc(N2CCN(C(=O)[C@@H]3O[C@H]3CN3CCCCC3)C[C@@H]2C)c2cc(Cl)c(-c3ccccc3F)nc21. The van der Waals surface area contributed by atoms with Crippen LogP contribution in [0.3, 0.4) is 0 Å². The largest absolute Gasteiger partial charge is 0.358 e. The molecule has 252 valence electrons. The van der Waals surface area contributed by atoms with Gasteiger partial charge < -0.3 is 19.4 Å². The van der Waals surface area contributed by atoms with Gasteiger partial charge in [-0.2, -0.15) is 4.98 Å². The normalized spacial score (nSPS) is 21.7. The Labute approximate surface area is 284 Å². The molecule has 3 fully saturated rings. The lowest BCUT2D eigenvalue weighted by atomic mass is 10.0. The van der Waals surface area contributed by atoms with E-state index in [2.05, 4.69) is 14.9 Å². The number of ether oxygens (including phenoxy) is 1. The van der Waals surface area contributed by atoms with Crippen LogP contribution in [0.15, 0.2) is 47.4 Å². The second kappa shape index (κ2) is 13.2. The number of epoxide rings is 1. The quantitative estimate of drug-likeness (QED) is 0.242. The van der Waals surface area contributed by atoms with Crippen LogP contribution in [0.25, 0.3) is 28.0 Å². The number of pyridine rings is 2. The van der Waals surface area contributed by atoms with Crippen LogP contribution in [-0.4, -0.2) is 92.7 Å². The summed E-state index contributed by atoms with van der Waals surface area (Å²) in [7, 11) is 0. The minimum atomic E-state index is -0.526. The number of carbonyl (C=O) groups is 1. The van der Waals surface area contributed by atoms with E-state index >= 15 is 4.39 Å². The third-order valence-electron chi connectivity index (χ3n) is 9.78. The Morgan fingerprint density at radius 3 is 2.58 bits per heavy atom. The van der Waals surface area contributed by atoms with Gasteiger partial charge in [0.2, 0.25) is 0 Å².